The van der Waals surface area contributed by atoms with Crippen molar-refractivity contribution in [1.29, 1.82) is 0 Å². The fourth-order valence-electron chi connectivity index (χ4n) is 2.26. The Kier molecular flexibility index (Phi) is 5.40. The lowest BCUT2D eigenvalue weighted by Gasteiger charge is -2.13. The highest BCUT2D eigenvalue weighted by atomic mass is 16.3. The molecule has 0 spiro atoms. The first-order valence-electron chi connectivity index (χ1n) is 8.23. The van der Waals surface area contributed by atoms with Gasteiger partial charge < -0.3 is 14.8 Å². The number of carbonyl (C=O) groups excluding carboxylic acids is 3. The quantitative estimate of drug-likeness (QED) is 0.480. The number of aromatic nitrogens is 2. The van der Waals surface area contributed by atoms with Gasteiger partial charge in [0.05, 0.1) is 23.7 Å². The van der Waals surface area contributed by atoms with E-state index in [4.69, 9.17) is 4.42 Å². The number of hydrogen-bond acceptors (Lipinski definition) is 6. The summed E-state index contributed by atoms with van der Waals surface area (Å²) < 4.78 is 6.13. The number of aromatic hydroxyl groups is 1. The minimum absolute atomic E-state index is 0.264. The normalized spacial score (nSPS) is 11.5. The van der Waals surface area contributed by atoms with Crippen molar-refractivity contribution in [3.8, 4) is 11.4 Å². The highest BCUT2D eigenvalue weighted by Crippen LogP contribution is 2.17. The monoisotopic (exact) mass is 383 g/mol. The van der Waals surface area contributed by atoms with Crippen molar-refractivity contribution in [2.75, 3.05) is 0 Å². The summed E-state index contributed by atoms with van der Waals surface area (Å²) in [7, 11) is 0. The van der Waals surface area contributed by atoms with Gasteiger partial charge in [0.1, 0.15) is 12.3 Å². The van der Waals surface area contributed by atoms with Crippen LogP contribution in [0.4, 0.5) is 0 Å². The zero-order chi connectivity index (χ0) is 20.1. The molecule has 1 atom stereocenters. The average Bonchev–Trinajstić information content (AvgIpc) is 3.36. The van der Waals surface area contributed by atoms with E-state index in [0.717, 1.165) is 0 Å². The van der Waals surface area contributed by atoms with Gasteiger partial charge in [-0.2, -0.15) is 5.10 Å². The molecule has 2 aromatic heterocycles. The van der Waals surface area contributed by atoms with E-state index in [1.165, 1.54) is 36.4 Å². The van der Waals surface area contributed by atoms with Crippen LogP contribution in [0.2, 0.25) is 0 Å². The zero-order valence-electron chi connectivity index (χ0n) is 14.7. The van der Waals surface area contributed by atoms with Crippen LogP contribution in [0.3, 0.4) is 0 Å². The molecular formula is C18H17N5O5. The Morgan fingerprint density at radius 3 is 2.54 bits per heavy atom. The molecule has 0 bridgehead atoms. The summed E-state index contributed by atoms with van der Waals surface area (Å²) in [6.07, 6.45) is 3.86. The highest BCUT2D eigenvalue weighted by Gasteiger charge is 2.20. The fraction of sp³-hybridized carbons (Fsp3) is 0.111. The second-order valence-corrected chi connectivity index (χ2v) is 5.79. The maximum atomic E-state index is 12.2. The standard InChI is InChI=1S/C18H17N5O5/c1-11(19-17(26)12-7-8-28-10-12)16(25)20-21-18(27)15-14(24)9-23(22-15)13-5-3-2-4-6-13/h2-11,24H,1H3,(H,19,26)(H,20,25)(H,21,27). The molecule has 0 aliphatic carbocycles. The first-order valence-corrected chi connectivity index (χ1v) is 8.23. The predicted molar refractivity (Wildman–Crippen MR) is 96.5 cm³/mol. The summed E-state index contributed by atoms with van der Waals surface area (Å²) in [5.41, 5.74) is 4.97. The third kappa shape index (κ3) is 4.18. The minimum Gasteiger partial charge on any atom is -0.504 e. The number of nitrogens with one attached hydrogen (secondary N) is 3. The van der Waals surface area contributed by atoms with Crippen LogP contribution in [0.5, 0.6) is 5.75 Å². The molecule has 0 aliphatic heterocycles. The van der Waals surface area contributed by atoms with E-state index < -0.39 is 23.8 Å². The molecule has 0 saturated carbocycles. The smallest absolute Gasteiger partial charge is 0.294 e. The molecule has 1 aromatic carbocycles. The Labute approximate surface area is 159 Å². The molecule has 3 amide bonds. The first kappa shape index (κ1) is 18.7. The second kappa shape index (κ2) is 8.08. The van der Waals surface area contributed by atoms with Gasteiger partial charge >= 0.3 is 0 Å². The van der Waals surface area contributed by atoms with E-state index in [9.17, 15) is 19.5 Å². The van der Waals surface area contributed by atoms with Gasteiger partial charge in [-0.05, 0) is 25.1 Å². The summed E-state index contributed by atoms with van der Waals surface area (Å²) in [4.78, 5) is 36.1. The van der Waals surface area contributed by atoms with Gasteiger partial charge in [-0.1, -0.05) is 18.2 Å². The van der Waals surface area contributed by atoms with Crippen LogP contribution >= 0.6 is 0 Å². The molecule has 4 N–H and O–H groups in total. The Morgan fingerprint density at radius 2 is 1.86 bits per heavy atom. The van der Waals surface area contributed by atoms with Crippen molar-refractivity contribution >= 4 is 17.7 Å². The van der Waals surface area contributed by atoms with Crippen molar-refractivity contribution in [1.82, 2.24) is 25.9 Å². The topological polar surface area (TPSA) is 138 Å². The van der Waals surface area contributed by atoms with E-state index in [0.29, 0.717) is 5.69 Å². The largest absolute Gasteiger partial charge is 0.504 e. The average molecular weight is 383 g/mol. The van der Waals surface area contributed by atoms with Gasteiger partial charge in [0.15, 0.2) is 11.4 Å². The Morgan fingerprint density at radius 1 is 1.11 bits per heavy atom. The molecule has 10 nitrogen and oxygen atoms in total. The number of hydrazine groups is 1. The Hall–Kier alpha value is -4.08. The second-order valence-electron chi connectivity index (χ2n) is 5.79. The van der Waals surface area contributed by atoms with Crippen LogP contribution < -0.4 is 16.2 Å². The molecule has 0 saturated heterocycles. The molecule has 3 rings (SSSR count). The number of rotatable bonds is 5. The Bertz CT molecular complexity index is 981. The zero-order valence-corrected chi connectivity index (χ0v) is 14.7. The van der Waals surface area contributed by atoms with Crippen molar-refractivity contribution in [2.45, 2.75) is 13.0 Å². The number of carbonyl (C=O) groups is 3. The third-order valence-electron chi connectivity index (χ3n) is 3.75. The van der Waals surface area contributed by atoms with Gasteiger partial charge in [0.25, 0.3) is 17.7 Å². The van der Waals surface area contributed by atoms with Crippen molar-refractivity contribution in [2.24, 2.45) is 0 Å². The lowest BCUT2D eigenvalue weighted by Crippen LogP contribution is -2.51. The number of hydrogen-bond donors (Lipinski definition) is 4. The summed E-state index contributed by atoms with van der Waals surface area (Å²) in [6, 6.07) is 9.41. The molecular weight excluding hydrogens is 366 g/mol. The van der Waals surface area contributed by atoms with Crippen molar-refractivity contribution < 1.29 is 23.9 Å². The molecule has 28 heavy (non-hydrogen) atoms. The van der Waals surface area contributed by atoms with Crippen LogP contribution in [0.15, 0.2) is 59.5 Å². The van der Waals surface area contributed by atoms with Crippen LogP contribution in [0.25, 0.3) is 5.69 Å². The van der Waals surface area contributed by atoms with E-state index in [2.05, 4.69) is 21.3 Å². The number of amides is 3. The van der Waals surface area contributed by atoms with Crippen LogP contribution in [-0.4, -0.2) is 38.7 Å². The maximum Gasteiger partial charge on any atom is 0.294 e. The van der Waals surface area contributed by atoms with Gasteiger partial charge in [-0.15, -0.1) is 0 Å². The first-order chi connectivity index (χ1) is 13.5. The molecule has 0 aliphatic rings. The van der Waals surface area contributed by atoms with Gasteiger partial charge in [-0.3, -0.25) is 25.2 Å². The maximum absolute atomic E-state index is 12.2. The van der Waals surface area contributed by atoms with E-state index >= 15 is 0 Å². The molecule has 10 heteroatoms. The molecule has 0 fully saturated rings. The molecule has 144 valence electrons. The van der Waals surface area contributed by atoms with Crippen molar-refractivity contribution in [3.05, 3.63) is 66.4 Å². The van der Waals surface area contributed by atoms with Crippen LogP contribution in [-0.2, 0) is 4.79 Å². The minimum atomic E-state index is -0.932. The summed E-state index contributed by atoms with van der Waals surface area (Å²) >= 11 is 0. The van der Waals surface area contributed by atoms with Gasteiger partial charge in [0.2, 0.25) is 0 Å². The predicted octanol–water partition coefficient (Wildman–Crippen LogP) is 0.750. The molecule has 2 heterocycles. The summed E-state index contributed by atoms with van der Waals surface area (Å²) in [5.74, 6) is -2.32. The summed E-state index contributed by atoms with van der Waals surface area (Å²) in [5, 5.41) is 16.4. The lowest BCUT2D eigenvalue weighted by atomic mass is 10.2. The van der Waals surface area contributed by atoms with Crippen LogP contribution in [0, 0.1) is 0 Å². The SMILES string of the molecule is CC(NC(=O)c1ccoc1)C(=O)NNC(=O)c1nn(-c2ccccc2)cc1O. The van der Waals surface area contributed by atoms with E-state index in [1.54, 1.807) is 24.3 Å². The highest BCUT2D eigenvalue weighted by molar-refractivity contribution is 5.98. The van der Waals surface area contributed by atoms with Crippen molar-refractivity contribution in [3.63, 3.8) is 0 Å². The number of para-hydroxylation sites is 1. The molecule has 3 aromatic rings. The number of benzene rings is 1. The number of nitrogens with zero attached hydrogens (tertiary/aromatic N) is 2. The fourth-order valence-corrected chi connectivity index (χ4v) is 2.26. The Balaban J connectivity index is 1.57. The molecule has 0 radical (unpaired) electrons. The number of furan rings is 1. The van der Waals surface area contributed by atoms with E-state index in [-0.39, 0.29) is 17.0 Å². The molecule has 1 unspecified atom stereocenters. The lowest BCUT2D eigenvalue weighted by molar-refractivity contribution is -0.123. The van der Waals surface area contributed by atoms with Crippen LogP contribution in [0.1, 0.15) is 27.8 Å². The summed E-state index contributed by atoms with van der Waals surface area (Å²) in [6.45, 7) is 1.45. The third-order valence-corrected chi connectivity index (χ3v) is 3.75. The van der Waals surface area contributed by atoms with Gasteiger partial charge in [-0.25, -0.2) is 4.68 Å². The van der Waals surface area contributed by atoms with E-state index in [1.807, 2.05) is 6.07 Å². The van der Waals surface area contributed by atoms with Gasteiger partial charge in [0, 0.05) is 0 Å².